The van der Waals surface area contributed by atoms with E-state index >= 15 is 0 Å². The van der Waals surface area contributed by atoms with Crippen molar-refractivity contribution in [1.82, 2.24) is 4.98 Å². The second-order valence-electron chi connectivity index (χ2n) is 3.98. The van der Waals surface area contributed by atoms with Crippen LogP contribution in [-0.4, -0.2) is 39.7 Å². The molecule has 96 valence electrons. The third-order valence-electron chi connectivity index (χ3n) is 2.75. The Kier molecular flexibility index (Phi) is 3.11. The molecule has 1 aromatic rings. The van der Waals surface area contributed by atoms with E-state index in [1.54, 1.807) is 0 Å². The summed E-state index contributed by atoms with van der Waals surface area (Å²) in [6.45, 7) is 0.416. The molecule has 2 N–H and O–H groups in total. The lowest BCUT2D eigenvalue weighted by Crippen LogP contribution is -2.47. The average molecular weight is 253 g/mol. The van der Waals surface area contributed by atoms with E-state index < -0.39 is 16.4 Å². The molecule has 1 saturated heterocycles. The molecule has 1 aliphatic heterocycles. The van der Waals surface area contributed by atoms with E-state index in [1.165, 1.54) is 18.3 Å². The van der Waals surface area contributed by atoms with Crippen molar-refractivity contribution in [2.75, 3.05) is 18.5 Å². The molecule has 2 rings (SSSR count). The van der Waals surface area contributed by atoms with Gasteiger partial charge in [-0.15, -0.1) is 0 Å². The molecule has 1 unspecified atom stereocenters. The van der Waals surface area contributed by atoms with Gasteiger partial charge in [0.25, 0.3) is 0 Å². The fourth-order valence-electron chi connectivity index (χ4n) is 1.73. The molecule has 8 heteroatoms. The van der Waals surface area contributed by atoms with E-state index in [1.807, 2.05) is 0 Å². The van der Waals surface area contributed by atoms with Crippen LogP contribution in [0.1, 0.15) is 6.42 Å². The summed E-state index contributed by atoms with van der Waals surface area (Å²) in [7, 11) is 0. The van der Waals surface area contributed by atoms with Crippen molar-refractivity contribution in [3.8, 4) is 0 Å². The molecule has 0 aromatic carbocycles. The van der Waals surface area contributed by atoms with Gasteiger partial charge in [-0.25, -0.2) is 4.79 Å². The number of nitrogens with one attached hydrogen (secondary N) is 1. The number of anilines is 1. The van der Waals surface area contributed by atoms with Crippen LogP contribution in [0.15, 0.2) is 18.3 Å². The number of nitrogens with zero attached hydrogens (tertiary/aromatic N) is 2. The van der Waals surface area contributed by atoms with Gasteiger partial charge in [0.2, 0.25) is 0 Å². The number of carbonyl (C=O) groups is 1. The van der Waals surface area contributed by atoms with Crippen LogP contribution >= 0.6 is 0 Å². The lowest BCUT2D eigenvalue weighted by molar-refractivity contribution is -0.389. The topological polar surface area (TPSA) is 115 Å². The maximum absolute atomic E-state index is 11.2. The van der Waals surface area contributed by atoms with E-state index in [-0.39, 0.29) is 12.4 Å². The number of aliphatic carboxylic acids is 1. The first-order valence-electron chi connectivity index (χ1n) is 5.23. The first kappa shape index (κ1) is 12.2. The predicted molar refractivity (Wildman–Crippen MR) is 60.3 cm³/mol. The first-order valence-corrected chi connectivity index (χ1v) is 5.23. The third-order valence-corrected chi connectivity index (χ3v) is 2.75. The molecule has 2 heterocycles. The van der Waals surface area contributed by atoms with Gasteiger partial charge in [0.1, 0.15) is 0 Å². The maximum Gasteiger partial charge on any atom is 0.363 e. The minimum absolute atomic E-state index is 0.0549. The second kappa shape index (κ2) is 4.57. The zero-order valence-corrected chi connectivity index (χ0v) is 9.33. The van der Waals surface area contributed by atoms with Gasteiger partial charge in [-0.3, -0.25) is 0 Å². The van der Waals surface area contributed by atoms with Crippen molar-refractivity contribution >= 4 is 17.5 Å². The van der Waals surface area contributed by atoms with E-state index in [0.717, 1.165) is 0 Å². The number of carboxylic acids is 1. The SMILES string of the molecule is O=C(O)C1(Nc2ccc([N+](=O)[O-])nc2)CCOC1. The molecular formula is C10H11N3O5. The van der Waals surface area contributed by atoms with Crippen molar-refractivity contribution < 1.29 is 19.6 Å². The highest BCUT2D eigenvalue weighted by Crippen LogP contribution is 2.25. The molecular weight excluding hydrogens is 242 g/mol. The summed E-state index contributed by atoms with van der Waals surface area (Å²) in [4.78, 5) is 24.7. The Morgan fingerprint density at radius 3 is 2.83 bits per heavy atom. The van der Waals surface area contributed by atoms with E-state index in [4.69, 9.17) is 4.74 Å². The monoisotopic (exact) mass is 253 g/mol. The number of hydrogen-bond donors (Lipinski definition) is 2. The van der Waals surface area contributed by atoms with Crippen molar-refractivity contribution in [1.29, 1.82) is 0 Å². The van der Waals surface area contributed by atoms with Gasteiger partial charge >= 0.3 is 11.8 Å². The maximum atomic E-state index is 11.2. The van der Waals surface area contributed by atoms with Crippen LogP contribution in [0.5, 0.6) is 0 Å². The molecule has 1 atom stereocenters. The highest BCUT2D eigenvalue weighted by atomic mass is 16.6. The molecule has 1 fully saturated rings. The number of pyridine rings is 1. The van der Waals surface area contributed by atoms with Crippen LogP contribution in [-0.2, 0) is 9.53 Å². The summed E-state index contributed by atoms with van der Waals surface area (Å²) in [6, 6.07) is 2.64. The second-order valence-corrected chi connectivity index (χ2v) is 3.98. The minimum Gasteiger partial charge on any atom is -0.479 e. The molecule has 1 aliphatic rings. The Balaban J connectivity index is 2.17. The standard InChI is InChI=1S/C10H11N3O5/c14-9(15)10(3-4-18-6-10)12-7-1-2-8(11-5-7)13(16)17/h1-2,5,12H,3-4,6H2,(H,14,15). The number of hydrogen-bond acceptors (Lipinski definition) is 6. The minimum atomic E-state index is -1.18. The number of carboxylic acid groups (broad SMARTS) is 1. The molecule has 0 aliphatic carbocycles. The predicted octanol–water partition coefficient (Wildman–Crippen LogP) is 0.645. The highest BCUT2D eigenvalue weighted by molar-refractivity contribution is 5.83. The molecule has 0 spiro atoms. The van der Waals surface area contributed by atoms with Crippen LogP contribution in [0.2, 0.25) is 0 Å². The lowest BCUT2D eigenvalue weighted by atomic mass is 9.99. The normalized spacial score (nSPS) is 22.7. The van der Waals surface area contributed by atoms with Gasteiger partial charge in [0.15, 0.2) is 11.7 Å². The van der Waals surface area contributed by atoms with Crippen LogP contribution < -0.4 is 5.32 Å². The Morgan fingerprint density at radius 2 is 2.39 bits per heavy atom. The fourth-order valence-corrected chi connectivity index (χ4v) is 1.73. The van der Waals surface area contributed by atoms with E-state index in [9.17, 15) is 20.0 Å². The van der Waals surface area contributed by atoms with Gasteiger partial charge in [-0.1, -0.05) is 0 Å². The fraction of sp³-hybridized carbons (Fsp3) is 0.400. The number of aromatic nitrogens is 1. The quantitative estimate of drug-likeness (QED) is 0.597. The summed E-state index contributed by atoms with van der Waals surface area (Å²) in [5.41, 5.74) is -0.772. The Morgan fingerprint density at radius 1 is 1.61 bits per heavy atom. The smallest absolute Gasteiger partial charge is 0.363 e. The largest absolute Gasteiger partial charge is 0.479 e. The van der Waals surface area contributed by atoms with Crippen LogP contribution in [0.4, 0.5) is 11.5 Å². The molecule has 0 amide bonds. The van der Waals surface area contributed by atoms with Gasteiger partial charge in [-0.2, -0.15) is 0 Å². The first-order chi connectivity index (χ1) is 8.53. The average Bonchev–Trinajstić information content (AvgIpc) is 2.79. The molecule has 0 radical (unpaired) electrons. The Bertz CT molecular complexity index is 467. The van der Waals surface area contributed by atoms with E-state index in [2.05, 4.69) is 10.3 Å². The zero-order chi connectivity index (χ0) is 13.2. The molecule has 0 bridgehead atoms. The Labute approximate surface area is 102 Å². The molecule has 8 nitrogen and oxygen atoms in total. The van der Waals surface area contributed by atoms with E-state index in [0.29, 0.717) is 18.7 Å². The van der Waals surface area contributed by atoms with Crippen LogP contribution in [0.3, 0.4) is 0 Å². The molecule has 0 saturated carbocycles. The highest BCUT2D eigenvalue weighted by Gasteiger charge is 2.42. The summed E-state index contributed by atoms with van der Waals surface area (Å²) >= 11 is 0. The van der Waals surface area contributed by atoms with Crippen LogP contribution in [0, 0.1) is 10.1 Å². The molecule has 18 heavy (non-hydrogen) atoms. The van der Waals surface area contributed by atoms with Gasteiger partial charge in [-0.05, 0) is 16.0 Å². The van der Waals surface area contributed by atoms with Crippen molar-refractivity contribution in [2.45, 2.75) is 12.0 Å². The summed E-state index contributed by atoms with van der Waals surface area (Å²) in [6.07, 6.45) is 1.57. The van der Waals surface area contributed by atoms with Crippen molar-refractivity contribution in [3.63, 3.8) is 0 Å². The summed E-state index contributed by atoms with van der Waals surface area (Å²) in [5, 5.41) is 22.4. The molecule has 1 aromatic heterocycles. The summed E-state index contributed by atoms with van der Waals surface area (Å²) in [5.74, 6) is -1.30. The third kappa shape index (κ3) is 2.23. The van der Waals surface area contributed by atoms with Crippen molar-refractivity contribution in [3.05, 3.63) is 28.4 Å². The zero-order valence-electron chi connectivity index (χ0n) is 9.33. The number of nitro groups is 1. The van der Waals surface area contributed by atoms with Gasteiger partial charge in [0, 0.05) is 19.1 Å². The van der Waals surface area contributed by atoms with Gasteiger partial charge < -0.3 is 25.3 Å². The van der Waals surface area contributed by atoms with Crippen molar-refractivity contribution in [2.24, 2.45) is 0 Å². The number of ether oxygens (including phenoxy) is 1. The lowest BCUT2D eigenvalue weighted by Gasteiger charge is -2.24. The number of rotatable bonds is 4. The Hall–Kier alpha value is -2.22. The summed E-state index contributed by atoms with van der Waals surface area (Å²) < 4.78 is 5.08. The van der Waals surface area contributed by atoms with Crippen LogP contribution in [0.25, 0.3) is 0 Å². The van der Waals surface area contributed by atoms with Gasteiger partial charge in [0.05, 0.1) is 12.3 Å².